The number of aliphatic hydroxyl groups is 1. The Morgan fingerprint density at radius 2 is 1.74 bits per heavy atom. The number of ether oxygens (including phenoxy) is 2. The van der Waals surface area contributed by atoms with Crippen LogP contribution < -0.4 is 14.4 Å². The number of fused-ring (bicyclic) bond motifs is 1. The zero-order chi connectivity index (χ0) is 23.8. The van der Waals surface area contributed by atoms with Crippen molar-refractivity contribution in [3.63, 3.8) is 0 Å². The molecule has 170 valence electrons. The van der Waals surface area contributed by atoms with Crippen molar-refractivity contribution in [1.82, 2.24) is 4.98 Å². The van der Waals surface area contributed by atoms with E-state index >= 15 is 0 Å². The van der Waals surface area contributed by atoms with Crippen molar-refractivity contribution in [3.8, 4) is 11.5 Å². The van der Waals surface area contributed by atoms with Gasteiger partial charge < -0.3 is 19.0 Å². The zero-order valence-corrected chi connectivity index (χ0v) is 18.4. The van der Waals surface area contributed by atoms with Gasteiger partial charge >= 0.3 is 0 Å². The molecule has 0 spiro atoms. The SMILES string of the molecule is COc1ccccc1N1C(=O)C(O)=C(C(=O)c2cc3cccc(OC)c3o2)C1c1ccccn1. The van der Waals surface area contributed by atoms with Crippen LogP contribution in [0.4, 0.5) is 5.69 Å². The second kappa shape index (κ2) is 8.40. The summed E-state index contributed by atoms with van der Waals surface area (Å²) in [6.07, 6.45) is 1.56. The fourth-order valence-electron chi connectivity index (χ4n) is 4.17. The van der Waals surface area contributed by atoms with Gasteiger partial charge in [0.2, 0.25) is 5.78 Å². The van der Waals surface area contributed by atoms with E-state index in [1.807, 2.05) is 0 Å². The van der Waals surface area contributed by atoms with Crippen LogP contribution in [-0.4, -0.2) is 36.0 Å². The van der Waals surface area contributed by atoms with E-state index < -0.39 is 23.5 Å². The third-order valence-electron chi connectivity index (χ3n) is 5.72. The highest BCUT2D eigenvalue weighted by Gasteiger charge is 2.46. The van der Waals surface area contributed by atoms with E-state index in [1.165, 1.54) is 19.1 Å². The van der Waals surface area contributed by atoms with Crippen molar-refractivity contribution in [2.24, 2.45) is 0 Å². The molecule has 1 aliphatic rings. The zero-order valence-electron chi connectivity index (χ0n) is 18.4. The molecule has 0 radical (unpaired) electrons. The van der Waals surface area contributed by atoms with Gasteiger partial charge in [0.05, 0.1) is 31.2 Å². The first kappa shape index (κ1) is 21.3. The molecule has 1 aliphatic heterocycles. The molecular weight excluding hydrogens is 436 g/mol. The maximum absolute atomic E-state index is 13.7. The minimum Gasteiger partial charge on any atom is -0.503 e. The van der Waals surface area contributed by atoms with E-state index in [0.717, 1.165) is 0 Å². The number of amides is 1. The molecule has 0 bridgehead atoms. The van der Waals surface area contributed by atoms with Crippen molar-refractivity contribution in [3.05, 3.63) is 95.7 Å². The largest absolute Gasteiger partial charge is 0.503 e. The highest BCUT2D eigenvalue weighted by molar-refractivity contribution is 6.21. The number of aliphatic hydroxyl groups excluding tert-OH is 1. The number of furan rings is 1. The molecule has 0 aliphatic carbocycles. The Labute approximate surface area is 194 Å². The molecule has 34 heavy (non-hydrogen) atoms. The Hall–Kier alpha value is -4.59. The van der Waals surface area contributed by atoms with Crippen LogP contribution in [0.15, 0.2) is 88.7 Å². The molecule has 2 aromatic heterocycles. The first-order valence-corrected chi connectivity index (χ1v) is 10.5. The van der Waals surface area contributed by atoms with E-state index in [2.05, 4.69) is 4.98 Å². The molecule has 8 heteroatoms. The van der Waals surface area contributed by atoms with Crippen molar-refractivity contribution in [2.45, 2.75) is 6.04 Å². The van der Waals surface area contributed by atoms with Gasteiger partial charge in [-0.15, -0.1) is 0 Å². The number of benzene rings is 2. The van der Waals surface area contributed by atoms with Crippen molar-refractivity contribution in [1.29, 1.82) is 0 Å². The number of aromatic nitrogens is 1. The molecule has 1 atom stereocenters. The summed E-state index contributed by atoms with van der Waals surface area (Å²) in [6, 6.07) is 17.9. The number of ketones is 1. The molecule has 0 saturated carbocycles. The standard InChI is InChI=1S/C26H20N2O6/c1-32-18-11-4-3-10-17(18)28-22(16-9-5-6-13-27-16)21(24(30)26(28)31)23(29)20-14-15-8-7-12-19(33-2)25(15)34-20/h3-14,22,30H,1-2H3. The number of methoxy groups -OCH3 is 2. The Balaban J connectivity index is 1.67. The first-order valence-electron chi connectivity index (χ1n) is 10.5. The number of rotatable bonds is 6. The lowest BCUT2D eigenvalue weighted by atomic mass is 9.98. The monoisotopic (exact) mass is 456 g/mol. The molecule has 0 saturated heterocycles. The summed E-state index contributed by atoms with van der Waals surface area (Å²) in [6.45, 7) is 0. The van der Waals surface area contributed by atoms with Gasteiger partial charge in [-0.05, 0) is 36.4 Å². The van der Waals surface area contributed by atoms with Crippen LogP contribution in [-0.2, 0) is 4.79 Å². The molecule has 1 N–H and O–H groups in total. The van der Waals surface area contributed by atoms with Crippen molar-refractivity contribution in [2.75, 3.05) is 19.1 Å². The van der Waals surface area contributed by atoms with Gasteiger partial charge in [-0.3, -0.25) is 19.5 Å². The smallest absolute Gasteiger partial charge is 0.294 e. The number of anilines is 1. The third-order valence-corrected chi connectivity index (χ3v) is 5.72. The van der Waals surface area contributed by atoms with Crippen LogP contribution in [0.5, 0.6) is 11.5 Å². The maximum Gasteiger partial charge on any atom is 0.294 e. The molecule has 0 fully saturated rings. The lowest BCUT2D eigenvalue weighted by Gasteiger charge is -2.27. The normalized spacial score (nSPS) is 15.8. The predicted octanol–water partition coefficient (Wildman–Crippen LogP) is 4.63. The van der Waals surface area contributed by atoms with E-state index in [0.29, 0.717) is 33.8 Å². The summed E-state index contributed by atoms with van der Waals surface area (Å²) in [5, 5.41) is 11.6. The highest BCUT2D eigenvalue weighted by atomic mass is 16.5. The van der Waals surface area contributed by atoms with Crippen LogP contribution in [0.2, 0.25) is 0 Å². The van der Waals surface area contributed by atoms with E-state index in [4.69, 9.17) is 13.9 Å². The molecular formula is C26H20N2O6. The number of hydrogen-bond acceptors (Lipinski definition) is 7. The van der Waals surface area contributed by atoms with Crippen molar-refractivity contribution < 1.29 is 28.6 Å². The van der Waals surface area contributed by atoms with Gasteiger partial charge in [0.1, 0.15) is 11.8 Å². The fourth-order valence-corrected chi connectivity index (χ4v) is 4.17. The van der Waals surface area contributed by atoms with Gasteiger partial charge in [-0.2, -0.15) is 0 Å². The van der Waals surface area contributed by atoms with Gasteiger partial charge in [0.15, 0.2) is 22.9 Å². The van der Waals surface area contributed by atoms with Gasteiger partial charge in [-0.25, -0.2) is 0 Å². The molecule has 1 unspecified atom stereocenters. The number of para-hydroxylation sites is 3. The Morgan fingerprint density at radius 3 is 2.47 bits per heavy atom. The molecule has 3 heterocycles. The minimum absolute atomic E-state index is 0.0309. The average Bonchev–Trinajstić information content (AvgIpc) is 3.43. The molecule has 1 amide bonds. The second-order valence-corrected chi connectivity index (χ2v) is 7.58. The number of hydrogen-bond donors (Lipinski definition) is 1. The lowest BCUT2D eigenvalue weighted by molar-refractivity contribution is -0.117. The summed E-state index contributed by atoms with van der Waals surface area (Å²) in [4.78, 5) is 32.7. The average molecular weight is 456 g/mol. The Bertz CT molecular complexity index is 1440. The van der Waals surface area contributed by atoms with Gasteiger partial charge in [0, 0.05) is 11.6 Å². The van der Waals surface area contributed by atoms with Crippen LogP contribution in [0.1, 0.15) is 22.3 Å². The summed E-state index contributed by atoms with van der Waals surface area (Å²) in [5.41, 5.74) is 1.07. The third kappa shape index (κ3) is 3.27. The molecule has 8 nitrogen and oxygen atoms in total. The minimum atomic E-state index is -0.993. The second-order valence-electron chi connectivity index (χ2n) is 7.58. The van der Waals surface area contributed by atoms with E-state index in [-0.39, 0.29) is 11.3 Å². The van der Waals surface area contributed by atoms with Crippen LogP contribution >= 0.6 is 0 Å². The fraction of sp³-hybridized carbons (Fsp3) is 0.115. The quantitative estimate of drug-likeness (QED) is 0.422. The van der Waals surface area contributed by atoms with E-state index in [9.17, 15) is 14.7 Å². The van der Waals surface area contributed by atoms with Crippen LogP contribution in [0.3, 0.4) is 0 Å². The number of carbonyl (C=O) groups is 2. The summed E-state index contributed by atoms with van der Waals surface area (Å²) in [7, 11) is 2.99. The summed E-state index contributed by atoms with van der Waals surface area (Å²) < 4.78 is 16.6. The summed E-state index contributed by atoms with van der Waals surface area (Å²) >= 11 is 0. The Morgan fingerprint density at radius 1 is 1.00 bits per heavy atom. The number of carbonyl (C=O) groups excluding carboxylic acids is 2. The van der Waals surface area contributed by atoms with Gasteiger partial charge in [-0.1, -0.05) is 30.3 Å². The lowest BCUT2D eigenvalue weighted by Crippen LogP contribution is -2.31. The van der Waals surface area contributed by atoms with Crippen LogP contribution in [0, 0.1) is 0 Å². The number of Topliss-reactive ketones (excluding diaryl/α,β-unsaturated/α-hetero) is 1. The predicted molar refractivity (Wildman–Crippen MR) is 124 cm³/mol. The Kier molecular flexibility index (Phi) is 5.25. The molecule has 4 aromatic rings. The first-order chi connectivity index (χ1) is 16.5. The van der Waals surface area contributed by atoms with Crippen molar-refractivity contribution >= 4 is 28.3 Å². The van der Waals surface area contributed by atoms with Crippen LogP contribution in [0.25, 0.3) is 11.0 Å². The maximum atomic E-state index is 13.7. The van der Waals surface area contributed by atoms with E-state index in [1.54, 1.807) is 72.9 Å². The molecule has 2 aromatic carbocycles. The summed E-state index contributed by atoms with van der Waals surface area (Å²) in [5.74, 6) is -1.19. The number of nitrogens with zero attached hydrogens (tertiary/aromatic N) is 2. The van der Waals surface area contributed by atoms with Gasteiger partial charge in [0.25, 0.3) is 5.91 Å². The number of pyridine rings is 1. The molecule has 5 rings (SSSR count). The highest BCUT2D eigenvalue weighted by Crippen LogP contribution is 2.44. The topological polar surface area (TPSA) is 102 Å².